The van der Waals surface area contributed by atoms with Gasteiger partial charge in [-0.1, -0.05) is 0 Å². The maximum atomic E-state index is 13.7. The standard InChI is InChI=1S/C13H12F4N2O3/c14-6-5-10(22-13(16)17)7(15)4-9(6)19-12(21)8-2-1-3-11(20)18-8/h4-5,8,13H,1-3H2,(H,18,20)(H,19,21)/t8-/m1/s1. The van der Waals surface area contributed by atoms with E-state index in [9.17, 15) is 27.2 Å². The topological polar surface area (TPSA) is 67.4 Å². The molecule has 0 saturated carbocycles. The molecular formula is C13H12F4N2O3. The molecular weight excluding hydrogens is 308 g/mol. The number of benzene rings is 1. The molecule has 5 nitrogen and oxygen atoms in total. The molecule has 1 heterocycles. The van der Waals surface area contributed by atoms with Gasteiger partial charge in [-0.05, 0) is 12.8 Å². The molecule has 22 heavy (non-hydrogen) atoms. The lowest BCUT2D eigenvalue weighted by Crippen LogP contribution is -2.46. The zero-order chi connectivity index (χ0) is 16.3. The summed E-state index contributed by atoms with van der Waals surface area (Å²) < 4.78 is 55.0. The first-order chi connectivity index (χ1) is 10.4. The Balaban J connectivity index is 2.10. The summed E-state index contributed by atoms with van der Waals surface area (Å²) in [6.45, 7) is -3.30. The van der Waals surface area contributed by atoms with Crippen LogP contribution >= 0.6 is 0 Å². The van der Waals surface area contributed by atoms with Gasteiger partial charge in [-0.3, -0.25) is 9.59 Å². The Morgan fingerprint density at radius 2 is 2.05 bits per heavy atom. The molecule has 0 aromatic heterocycles. The minimum Gasteiger partial charge on any atom is -0.432 e. The lowest BCUT2D eigenvalue weighted by molar-refractivity contribution is -0.128. The molecule has 1 saturated heterocycles. The van der Waals surface area contributed by atoms with Crippen molar-refractivity contribution in [1.82, 2.24) is 5.32 Å². The Hall–Kier alpha value is -2.32. The average Bonchev–Trinajstić information content (AvgIpc) is 2.43. The number of ether oxygens (including phenoxy) is 1. The fourth-order valence-electron chi connectivity index (χ4n) is 2.03. The Bertz CT molecular complexity index is 595. The van der Waals surface area contributed by atoms with Crippen molar-refractivity contribution in [1.29, 1.82) is 0 Å². The smallest absolute Gasteiger partial charge is 0.387 e. The Kier molecular flexibility index (Phi) is 4.84. The number of halogens is 4. The monoisotopic (exact) mass is 320 g/mol. The van der Waals surface area contributed by atoms with Crippen molar-refractivity contribution in [3.05, 3.63) is 23.8 Å². The first-order valence-electron chi connectivity index (χ1n) is 6.41. The van der Waals surface area contributed by atoms with Gasteiger partial charge in [0.1, 0.15) is 6.04 Å². The second-order valence-electron chi connectivity index (χ2n) is 4.64. The van der Waals surface area contributed by atoms with Crippen LogP contribution in [0, 0.1) is 11.6 Å². The number of hydrogen-bond donors (Lipinski definition) is 2. The highest BCUT2D eigenvalue weighted by Gasteiger charge is 2.25. The summed E-state index contributed by atoms with van der Waals surface area (Å²) >= 11 is 0. The lowest BCUT2D eigenvalue weighted by Gasteiger charge is -2.22. The normalized spacial score (nSPS) is 18.0. The van der Waals surface area contributed by atoms with Crippen molar-refractivity contribution in [3.63, 3.8) is 0 Å². The van der Waals surface area contributed by atoms with Gasteiger partial charge in [0.25, 0.3) is 0 Å². The molecule has 1 aliphatic heterocycles. The van der Waals surface area contributed by atoms with Crippen molar-refractivity contribution in [2.75, 3.05) is 5.32 Å². The zero-order valence-corrected chi connectivity index (χ0v) is 11.2. The number of anilines is 1. The van der Waals surface area contributed by atoms with Gasteiger partial charge in [-0.15, -0.1) is 0 Å². The van der Waals surface area contributed by atoms with Crippen LogP contribution in [-0.4, -0.2) is 24.5 Å². The summed E-state index contributed by atoms with van der Waals surface area (Å²) in [6.07, 6.45) is 1.17. The zero-order valence-electron chi connectivity index (χ0n) is 11.2. The highest BCUT2D eigenvalue weighted by molar-refractivity contribution is 5.97. The van der Waals surface area contributed by atoms with E-state index in [-0.39, 0.29) is 5.91 Å². The molecule has 1 atom stereocenters. The molecule has 0 spiro atoms. The summed E-state index contributed by atoms with van der Waals surface area (Å²) in [5.41, 5.74) is -0.524. The van der Waals surface area contributed by atoms with Crippen molar-refractivity contribution in [3.8, 4) is 5.75 Å². The van der Waals surface area contributed by atoms with E-state index in [4.69, 9.17) is 0 Å². The summed E-state index contributed by atoms with van der Waals surface area (Å²) in [5.74, 6) is -4.36. The number of piperidine rings is 1. The quantitative estimate of drug-likeness (QED) is 0.836. The third kappa shape index (κ3) is 3.86. The van der Waals surface area contributed by atoms with E-state index in [2.05, 4.69) is 15.4 Å². The van der Waals surface area contributed by atoms with Crippen LogP contribution in [0.15, 0.2) is 12.1 Å². The summed E-state index contributed by atoms with van der Waals surface area (Å²) in [7, 11) is 0. The molecule has 0 aliphatic carbocycles. The SMILES string of the molecule is O=C1CCC[C@H](C(=O)Nc2cc(F)c(OC(F)F)cc2F)N1. The van der Waals surface area contributed by atoms with Crippen LogP contribution in [0.4, 0.5) is 23.2 Å². The van der Waals surface area contributed by atoms with Gasteiger partial charge in [-0.25, -0.2) is 8.78 Å². The van der Waals surface area contributed by atoms with Gasteiger partial charge in [0, 0.05) is 18.6 Å². The Morgan fingerprint density at radius 1 is 1.32 bits per heavy atom. The maximum absolute atomic E-state index is 13.7. The maximum Gasteiger partial charge on any atom is 0.387 e. The van der Waals surface area contributed by atoms with E-state index in [0.717, 1.165) is 0 Å². The van der Waals surface area contributed by atoms with Gasteiger partial charge in [0.15, 0.2) is 17.4 Å². The molecule has 0 unspecified atom stereocenters. The first-order valence-corrected chi connectivity index (χ1v) is 6.41. The second kappa shape index (κ2) is 6.63. The Morgan fingerprint density at radius 3 is 2.68 bits per heavy atom. The van der Waals surface area contributed by atoms with Crippen LogP contribution < -0.4 is 15.4 Å². The highest BCUT2D eigenvalue weighted by Crippen LogP contribution is 2.26. The fourth-order valence-corrected chi connectivity index (χ4v) is 2.03. The third-order valence-electron chi connectivity index (χ3n) is 3.04. The molecule has 2 amide bonds. The second-order valence-corrected chi connectivity index (χ2v) is 4.64. The van der Waals surface area contributed by atoms with Gasteiger partial charge in [0.05, 0.1) is 5.69 Å². The number of carbonyl (C=O) groups excluding carboxylic acids is 2. The molecule has 9 heteroatoms. The average molecular weight is 320 g/mol. The van der Waals surface area contributed by atoms with Crippen molar-refractivity contribution in [2.24, 2.45) is 0 Å². The largest absolute Gasteiger partial charge is 0.432 e. The molecule has 1 aromatic carbocycles. The molecule has 2 N–H and O–H groups in total. The molecule has 0 bridgehead atoms. The number of nitrogens with one attached hydrogen (secondary N) is 2. The first kappa shape index (κ1) is 16.1. The van der Waals surface area contributed by atoms with Gasteiger partial charge >= 0.3 is 6.61 Å². The van der Waals surface area contributed by atoms with E-state index < -0.39 is 41.6 Å². The molecule has 120 valence electrons. The molecule has 1 aliphatic rings. The van der Waals surface area contributed by atoms with Crippen LogP contribution in [0.25, 0.3) is 0 Å². The Labute approximate surface area is 122 Å². The van der Waals surface area contributed by atoms with Crippen LogP contribution in [0.5, 0.6) is 5.75 Å². The number of amides is 2. The summed E-state index contributed by atoms with van der Waals surface area (Å²) in [5, 5.41) is 4.53. The third-order valence-corrected chi connectivity index (χ3v) is 3.04. The van der Waals surface area contributed by atoms with E-state index in [1.165, 1.54) is 0 Å². The molecule has 1 aromatic rings. The molecule has 1 fully saturated rings. The van der Waals surface area contributed by atoms with E-state index >= 15 is 0 Å². The molecule has 0 radical (unpaired) electrons. The highest BCUT2D eigenvalue weighted by atomic mass is 19.3. The van der Waals surface area contributed by atoms with Gasteiger partial charge in [0.2, 0.25) is 11.8 Å². The van der Waals surface area contributed by atoms with Crippen LogP contribution in [-0.2, 0) is 9.59 Å². The minimum absolute atomic E-state index is 0.298. The van der Waals surface area contributed by atoms with Gasteiger partial charge in [-0.2, -0.15) is 8.78 Å². The van der Waals surface area contributed by atoms with E-state index in [1.807, 2.05) is 0 Å². The van der Waals surface area contributed by atoms with Crippen LogP contribution in [0.3, 0.4) is 0 Å². The number of hydrogen-bond acceptors (Lipinski definition) is 3. The summed E-state index contributed by atoms with van der Waals surface area (Å²) in [6, 6.07) is 0.104. The van der Waals surface area contributed by atoms with Crippen LogP contribution in [0.1, 0.15) is 19.3 Å². The predicted octanol–water partition coefficient (Wildman–Crippen LogP) is 2.17. The van der Waals surface area contributed by atoms with E-state index in [1.54, 1.807) is 0 Å². The minimum atomic E-state index is -3.30. The van der Waals surface area contributed by atoms with Crippen molar-refractivity contribution < 1.29 is 31.9 Å². The number of alkyl halides is 2. The summed E-state index contributed by atoms with van der Waals surface area (Å²) in [4.78, 5) is 23.1. The van der Waals surface area contributed by atoms with Crippen LogP contribution in [0.2, 0.25) is 0 Å². The van der Waals surface area contributed by atoms with E-state index in [0.29, 0.717) is 31.4 Å². The van der Waals surface area contributed by atoms with Crippen molar-refractivity contribution in [2.45, 2.75) is 31.9 Å². The lowest BCUT2D eigenvalue weighted by atomic mass is 10.0. The number of carbonyl (C=O) groups is 2. The molecule has 2 rings (SSSR count). The predicted molar refractivity (Wildman–Crippen MR) is 67.4 cm³/mol. The fraction of sp³-hybridized carbons (Fsp3) is 0.385. The number of rotatable bonds is 4. The van der Waals surface area contributed by atoms with Gasteiger partial charge < -0.3 is 15.4 Å². The van der Waals surface area contributed by atoms with Crippen molar-refractivity contribution >= 4 is 17.5 Å².